The van der Waals surface area contributed by atoms with Crippen LogP contribution in [-0.4, -0.2) is 34.5 Å². The number of hydrogen-bond donors (Lipinski definition) is 1. The van der Waals surface area contributed by atoms with Crippen LogP contribution < -0.4 is 0 Å². The smallest absolute Gasteiger partial charge is 0.309 e. The molecule has 4 nitrogen and oxygen atoms in total. The minimum absolute atomic E-state index is 0.0154. The van der Waals surface area contributed by atoms with Gasteiger partial charge < -0.3 is 10.0 Å². The van der Waals surface area contributed by atoms with Gasteiger partial charge in [-0.1, -0.05) is 13.3 Å². The molecule has 0 bridgehead atoms. The van der Waals surface area contributed by atoms with E-state index in [0.29, 0.717) is 6.54 Å². The molecule has 1 aliphatic rings. The van der Waals surface area contributed by atoms with E-state index in [-0.39, 0.29) is 18.4 Å². The van der Waals surface area contributed by atoms with E-state index < -0.39 is 11.9 Å². The molecule has 1 fully saturated rings. The van der Waals surface area contributed by atoms with Crippen molar-refractivity contribution in [3.63, 3.8) is 0 Å². The molecule has 0 unspecified atom stereocenters. The summed E-state index contributed by atoms with van der Waals surface area (Å²) in [4.78, 5) is 24.0. The second kappa shape index (κ2) is 4.44. The first-order valence-corrected chi connectivity index (χ1v) is 5.10. The average Bonchev–Trinajstić information content (AvgIpc) is 2.40. The molecule has 80 valence electrons. The summed E-state index contributed by atoms with van der Waals surface area (Å²) in [5, 5.41) is 8.87. The average molecular weight is 199 g/mol. The normalized spacial score (nSPS) is 27.0. The lowest BCUT2D eigenvalue weighted by molar-refractivity contribution is -0.142. The molecule has 0 saturated carbocycles. The standard InChI is InChI=1S/C10H17NO3/c1-3-4-5-11-7(2)8(10(13)14)6-9(11)12/h7-8H,3-6H2,1-2H3,(H,13,14)/t7-,8+/m1/s1. The molecule has 2 atom stereocenters. The highest BCUT2D eigenvalue weighted by Gasteiger charge is 2.40. The molecule has 1 heterocycles. The van der Waals surface area contributed by atoms with E-state index in [1.165, 1.54) is 0 Å². The second-order valence-electron chi connectivity index (χ2n) is 3.83. The third-order valence-corrected chi connectivity index (χ3v) is 2.86. The third-order valence-electron chi connectivity index (χ3n) is 2.86. The fraction of sp³-hybridized carbons (Fsp3) is 0.800. The number of carboxylic acid groups (broad SMARTS) is 1. The van der Waals surface area contributed by atoms with Gasteiger partial charge in [0.05, 0.1) is 5.92 Å². The van der Waals surface area contributed by atoms with Crippen LogP contribution >= 0.6 is 0 Å². The molecule has 14 heavy (non-hydrogen) atoms. The zero-order valence-corrected chi connectivity index (χ0v) is 8.69. The minimum Gasteiger partial charge on any atom is -0.481 e. The molecular weight excluding hydrogens is 182 g/mol. The summed E-state index contributed by atoms with van der Waals surface area (Å²) in [6, 6.07) is -0.147. The maximum Gasteiger partial charge on any atom is 0.309 e. The van der Waals surface area contributed by atoms with Crippen LogP contribution in [0.15, 0.2) is 0 Å². The number of carboxylic acids is 1. The number of hydrogen-bond acceptors (Lipinski definition) is 2. The Labute approximate surface area is 83.9 Å². The summed E-state index contributed by atoms with van der Waals surface area (Å²) in [5.74, 6) is -1.39. The van der Waals surface area contributed by atoms with Crippen LogP contribution in [0.5, 0.6) is 0 Å². The number of unbranched alkanes of at least 4 members (excludes halogenated alkanes) is 1. The van der Waals surface area contributed by atoms with Crippen LogP contribution in [0.1, 0.15) is 33.1 Å². The van der Waals surface area contributed by atoms with Gasteiger partial charge in [-0.15, -0.1) is 0 Å². The summed E-state index contributed by atoms with van der Waals surface area (Å²) in [7, 11) is 0. The number of rotatable bonds is 4. The van der Waals surface area contributed by atoms with Crippen molar-refractivity contribution in [2.24, 2.45) is 5.92 Å². The van der Waals surface area contributed by atoms with Crippen molar-refractivity contribution < 1.29 is 14.7 Å². The quantitative estimate of drug-likeness (QED) is 0.737. The summed E-state index contributed by atoms with van der Waals surface area (Å²) in [5.41, 5.74) is 0. The van der Waals surface area contributed by atoms with Crippen LogP contribution in [0.25, 0.3) is 0 Å². The topological polar surface area (TPSA) is 57.6 Å². The molecule has 1 rings (SSSR count). The van der Waals surface area contributed by atoms with Crippen LogP contribution in [0, 0.1) is 5.92 Å². The number of carbonyl (C=O) groups excluding carboxylic acids is 1. The highest BCUT2D eigenvalue weighted by Crippen LogP contribution is 2.25. The Balaban J connectivity index is 2.60. The van der Waals surface area contributed by atoms with Gasteiger partial charge in [-0.25, -0.2) is 0 Å². The van der Waals surface area contributed by atoms with Gasteiger partial charge in [0.2, 0.25) is 5.91 Å². The monoisotopic (exact) mass is 199 g/mol. The molecule has 1 N–H and O–H groups in total. The van der Waals surface area contributed by atoms with Crippen molar-refractivity contribution in [3.8, 4) is 0 Å². The molecule has 1 aliphatic heterocycles. The predicted molar refractivity (Wildman–Crippen MR) is 51.8 cm³/mol. The molecule has 1 saturated heterocycles. The molecule has 0 radical (unpaired) electrons. The fourth-order valence-corrected chi connectivity index (χ4v) is 1.87. The Kier molecular flexibility index (Phi) is 3.49. The van der Waals surface area contributed by atoms with E-state index in [1.807, 2.05) is 6.92 Å². The van der Waals surface area contributed by atoms with Crippen molar-refractivity contribution in [3.05, 3.63) is 0 Å². The first-order valence-electron chi connectivity index (χ1n) is 5.10. The van der Waals surface area contributed by atoms with Crippen molar-refractivity contribution in [2.75, 3.05) is 6.54 Å². The summed E-state index contributed by atoms with van der Waals surface area (Å²) < 4.78 is 0. The van der Waals surface area contributed by atoms with E-state index in [2.05, 4.69) is 6.92 Å². The summed E-state index contributed by atoms with van der Waals surface area (Å²) in [6.45, 7) is 4.57. The van der Waals surface area contributed by atoms with E-state index in [9.17, 15) is 9.59 Å². The zero-order valence-electron chi connectivity index (χ0n) is 8.69. The lowest BCUT2D eigenvalue weighted by Gasteiger charge is -2.22. The van der Waals surface area contributed by atoms with E-state index in [0.717, 1.165) is 12.8 Å². The Bertz CT molecular complexity index is 240. The second-order valence-corrected chi connectivity index (χ2v) is 3.83. The number of nitrogens with zero attached hydrogens (tertiary/aromatic N) is 1. The van der Waals surface area contributed by atoms with Crippen molar-refractivity contribution in [1.29, 1.82) is 0 Å². The van der Waals surface area contributed by atoms with Crippen LogP contribution in [0.4, 0.5) is 0 Å². The van der Waals surface area contributed by atoms with Crippen molar-refractivity contribution in [2.45, 2.75) is 39.2 Å². The van der Waals surface area contributed by atoms with Crippen molar-refractivity contribution in [1.82, 2.24) is 4.90 Å². The van der Waals surface area contributed by atoms with Gasteiger partial charge >= 0.3 is 5.97 Å². The number of aliphatic carboxylic acids is 1. The molecule has 0 aromatic rings. The lowest BCUT2D eigenvalue weighted by Crippen LogP contribution is -2.35. The van der Waals surface area contributed by atoms with Crippen LogP contribution in [-0.2, 0) is 9.59 Å². The number of carbonyl (C=O) groups is 2. The maximum absolute atomic E-state index is 11.5. The predicted octanol–water partition coefficient (Wildman–Crippen LogP) is 1.11. The molecule has 0 aliphatic carbocycles. The Morgan fingerprint density at radius 1 is 1.64 bits per heavy atom. The minimum atomic E-state index is -0.857. The zero-order chi connectivity index (χ0) is 10.7. The van der Waals surface area contributed by atoms with E-state index >= 15 is 0 Å². The Morgan fingerprint density at radius 3 is 2.71 bits per heavy atom. The molecule has 0 aromatic heterocycles. The Hall–Kier alpha value is -1.06. The van der Waals surface area contributed by atoms with Crippen LogP contribution in [0.3, 0.4) is 0 Å². The van der Waals surface area contributed by atoms with Gasteiger partial charge in [0.1, 0.15) is 0 Å². The molecule has 1 amide bonds. The van der Waals surface area contributed by atoms with Gasteiger partial charge in [0, 0.05) is 19.0 Å². The van der Waals surface area contributed by atoms with Gasteiger partial charge in [-0.05, 0) is 13.3 Å². The Morgan fingerprint density at radius 2 is 2.29 bits per heavy atom. The molecule has 0 aromatic carbocycles. The first kappa shape index (κ1) is 11.0. The highest BCUT2D eigenvalue weighted by molar-refractivity contribution is 5.86. The van der Waals surface area contributed by atoms with Gasteiger partial charge in [-0.2, -0.15) is 0 Å². The first-order chi connectivity index (χ1) is 6.57. The van der Waals surface area contributed by atoms with Gasteiger partial charge in [0.15, 0.2) is 0 Å². The summed E-state index contributed by atoms with van der Waals surface area (Å²) >= 11 is 0. The number of amides is 1. The summed E-state index contributed by atoms with van der Waals surface area (Å²) in [6.07, 6.45) is 2.14. The SMILES string of the molecule is CCCCN1C(=O)C[C@H](C(=O)O)[C@H]1C. The maximum atomic E-state index is 11.5. The third kappa shape index (κ3) is 2.05. The van der Waals surface area contributed by atoms with E-state index in [1.54, 1.807) is 4.90 Å². The highest BCUT2D eigenvalue weighted by atomic mass is 16.4. The van der Waals surface area contributed by atoms with Crippen molar-refractivity contribution >= 4 is 11.9 Å². The van der Waals surface area contributed by atoms with E-state index in [4.69, 9.17) is 5.11 Å². The number of likely N-dealkylation sites (tertiary alicyclic amines) is 1. The lowest BCUT2D eigenvalue weighted by atomic mass is 10.0. The molecule has 4 heteroatoms. The van der Waals surface area contributed by atoms with Gasteiger partial charge in [-0.3, -0.25) is 9.59 Å². The van der Waals surface area contributed by atoms with Crippen LogP contribution in [0.2, 0.25) is 0 Å². The molecular formula is C10H17NO3. The molecule has 0 spiro atoms. The largest absolute Gasteiger partial charge is 0.481 e. The van der Waals surface area contributed by atoms with Gasteiger partial charge in [0.25, 0.3) is 0 Å². The fourth-order valence-electron chi connectivity index (χ4n) is 1.87.